The first-order chi connectivity index (χ1) is 14.7. The molecule has 1 saturated carbocycles. The lowest BCUT2D eigenvalue weighted by molar-refractivity contribution is -0.151. The fourth-order valence-corrected chi connectivity index (χ4v) is 5.65. The van der Waals surface area contributed by atoms with Gasteiger partial charge < -0.3 is 15.0 Å². The first-order valence-electron chi connectivity index (χ1n) is 11.5. The molecule has 0 aromatic heterocycles. The molecular weight excluding hydrogens is 376 g/mol. The normalized spacial score (nSPS) is 31.2. The number of nitriles is 1. The molecule has 1 aromatic carbocycles. The second-order valence-corrected chi connectivity index (χ2v) is 9.60. The summed E-state index contributed by atoms with van der Waals surface area (Å²) in [5.74, 6) is 0.911. The Kier molecular flexibility index (Phi) is 5.53. The van der Waals surface area contributed by atoms with E-state index in [4.69, 9.17) is 4.74 Å². The van der Waals surface area contributed by atoms with Crippen LogP contribution in [-0.4, -0.2) is 72.7 Å². The van der Waals surface area contributed by atoms with E-state index in [0.717, 1.165) is 32.4 Å². The summed E-state index contributed by atoms with van der Waals surface area (Å²) in [5, 5.41) is 13.3. The van der Waals surface area contributed by atoms with E-state index in [1.807, 2.05) is 4.90 Å². The summed E-state index contributed by atoms with van der Waals surface area (Å²) in [4.78, 5) is 17.1. The Labute approximate surface area is 179 Å². The number of nitrogens with one attached hydrogen (secondary N) is 1. The minimum absolute atomic E-state index is 0.0242. The second-order valence-electron chi connectivity index (χ2n) is 9.60. The predicted molar refractivity (Wildman–Crippen MR) is 114 cm³/mol. The Balaban J connectivity index is 1.11. The first kappa shape index (κ1) is 20.0. The highest BCUT2D eigenvalue weighted by Gasteiger charge is 2.51. The van der Waals surface area contributed by atoms with Gasteiger partial charge in [-0.25, -0.2) is 0 Å². The number of hydrogen-bond donors (Lipinski definition) is 1. The highest BCUT2D eigenvalue weighted by atomic mass is 16.5. The maximum absolute atomic E-state index is 12.7. The van der Waals surface area contributed by atoms with Crippen molar-refractivity contribution in [3.63, 3.8) is 0 Å². The van der Waals surface area contributed by atoms with Crippen molar-refractivity contribution in [2.24, 2.45) is 5.92 Å². The van der Waals surface area contributed by atoms with Gasteiger partial charge in [-0.15, -0.1) is 0 Å². The molecule has 3 saturated heterocycles. The Morgan fingerprint density at radius 2 is 1.97 bits per heavy atom. The van der Waals surface area contributed by atoms with Crippen LogP contribution in [0.3, 0.4) is 0 Å². The van der Waals surface area contributed by atoms with Crippen LogP contribution in [0.15, 0.2) is 30.3 Å². The molecule has 3 heterocycles. The second kappa shape index (κ2) is 8.30. The number of likely N-dealkylation sites (tertiary alicyclic amines) is 2. The number of rotatable bonds is 6. The van der Waals surface area contributed by atoms with Gasteiger partial charge in [0.2, 0.25) is 5.91 Å². The Morgan fingerprint density at radius 1 is 1.20 bits per heavy atom. The number of amides is 1. The Hall–Kier alpha value is -1.94. The van der Waals surface area contributed by atoms with Crippen molar-refractivity contribution >= 4 is 5.91 Å². The molecule has 30 heavy (non-hydrogen) atoms. The van der Waals surface area contributed by atoms with E-state index in [9.17, 15) is 10.1 Å². The molecule has 4 fully saturated rings. The number of carbonyl (C=O) groups excluding carboxylic acids is 1. The first-order valence-corrected chi connectivity index (χ1v) is 11.5. The molecule has 160 valence electrons. The zero-order valence-corrected chi connectivity index (χ0v) is 17.6. The fraction of sp³-hybridized carbons (Fsp3) is 0.667. The van der Waals surface area contributed by atoms with E-state index in [1.54, 1.807) is 0 Å². The topological polar surface area (TPSA) is 68.6 Å². The summed E-state index contributed by atoms with van der Waals surface area (Å²) in [6.07, 6.45) is 4.83. The van der Waals surface area contributed by atoms with E-state index in [2.05, 4.69) is 46.6 Å². The van der Waals surface area contributed by atoms with Gasteiger partial charge in [0.1, 0.15) is 0 Å². The van der Waals surface area contributed by atoms with Crippen molar-refractivity contribution in [3.8, 4) is 6.07 Å². The zero-order chi connectivity index (χ0) is 20.6. The van der Waals surface area contributed by atoms with Crippen LogP contribution in [0.25, 0.3) is 0 Å². The molecule has 5 rings (SSSR count). The Bertz CT molecular complexity index is 787. The van der Waals surface area contributed by atoms with E-state index >= 15 is 0 Å². The molecular formula is C24H32N4O2. The third-order valence-corrected chi connectivity index (χ3v) is 7.60. The molecule has 1 amide bonds. The van der Waals surface area contributed by atoms with Crippen LogP contribution in [0.5, 0.6) is 0 Å². The number of nitrogens with zero attached hydrogens (tertiary/aromatic N) is 3. The van der Waals surface area contributed by atoms with Crippen molar-refractivity contribution < 1.29 is 9.53 Å². The standard InChI is InChI=1S/C24H32N4O2/c25-10-9-24(16-27(17-24)23(29)19-8-13-30-15-19)28-11-6-20(7-12-28)26-22-14-21(22)18-4-2-1-3-5-18/h1-5,19-22,26H,6-9,11-17H2/t19-,21-,22+/m0/s1. The van der Waals surface area contributed by atoms with Gasteiger partial charge in [0.25, 0.3) is 0 Å². The minimum Gasteiger partial charge on any atom is -0.381 e. The maximum atomic E-state index is 12.7. The Morgan fingerprint density at radius 3 is 2.63 bits per heavy atom. The van der Waals surface area contributed by atoms with Gasteiger partial charge in [0.15, 0.2) is 0 Å². The molecule has 1 aliphatic carbocycles. The van der Waals surface area contributed by atoms with Gasteiger partial charge >= 0.3 is 0 Å². The molecule has 1 N–H and O–H groups in total. The number of piperidine rings is 1. The molecule has 6 nitrogen and oxygen atoms in total. The van der Waals surface area contributed by atoms with Crippen molar-refractivity contribution in [1.29, 1.82) is 5.26 Å². The van der Waals surface area contributed by atoms with Crippen LogP contribution in [0, 0.1) is 17.2 Å². The monoisotopic (exact) mass is 408 g/mol. The minimum atomic E-state index is -0.138. The summed E-state index contributed by atoms with van der Waals surface area (Å²) in [5.41, 5.74) is 1.31. The molecule has 0 bridgehead atoms. The van der Waals surface area contributed by atoms with Gasteiger partial charge in [0.05, 0.1) is 30.6 Å². The molecule has 0 radical (unpaired) electrons. The van der Waals surface area contributed by atoms with Crippen LogP contribution in [-0.2, 0) is 9.53 Å². The summed E-state index contributed by atoms with van der Waals surface area (Å²) >= 11 is 0. The summed E-state index contributed by atoms with van der Waals surface area (Å²) in [7, 11) is 0. The molecule has 0 unspecified atom stereocenters. The van der Waals surface area contributed by atoms with Crippen LogP contribution in [0.4, 0.5) is 0 Å². The predicted octanol–water partition coefficient (Wildman–Crippen LogP) is 2.13. The van der Waals surface area contributed by atoms with Crippen LogP contribution in [0.1, 0.15) is 43.6 Å². The van der Waals surface area contributed by atoms with Crippen LogP contribution < -0.4 is 5.32 Å². The highest BCUT2D eigenvalue weighted by Crippen LogP contribution is 2.42. The lowest BCUT2D eigenvalue weighted by Gasteiger charge is -2.57. The molecule has 3 atom stereocenters. The average molecular weight is 409 g/mol. The lowest BCUT2D eigenvalue weighted by Crippen LogP contribution is -2.72. The molecule has 6 heteroatoms. The summed E-state index contributed by atoms with van der Waals surface area (Å²) in [6, 6.07) is 14.4. The number of benzene rings is 1. The van der Waals surface area contributed by atoms with Gasteiger partial charge in [-0.3, -0.25) is 9.69 Å². The van der Waals surface area contributed by atoms with Crippen LogP contribution in [0.2, 0.25) is 0 Å². The summed E-state index contributed by atoms with van der Waals surface area (Å²) < 4.78 is 5.38. The van der Waals surface area contributed by atoms with Crippen molar-refractivity contribution in [3.05, 3.63) is 35.9 Å². The molecule has 0 spiro atoms. The quantitative estimate of drug-likeness (QED) is 0.781. The SMILES string of the molecule is N#CCC1(N2CCC(N[C@@H]3C[C@H]3c3ccccc3)CC2)CN(C(=O)[C@H]2CCOC2)C1. The van der Waals surface area contributed by atoms with Crippen LogP contribution >= 0.6 is 0 Å². The van der Waals surface area contributed by atoms with E-state index in [-0.39, 0.29) is 17.4 Å². The number of ether oxygens (including phenoxy) is 1. The van der Waals surface area contributed by atoms with E-state index < -0.39 is 0 Å². The third kappa shape index (κ3) is 3.87. The van der Waals surface area contributed by atoms with Gasteiger partial charge in [-0.05, 0) is 31.2 Å². The summed E-state index contributed by atoms with van der Waals surface area (Å²) in [6.45, 7) is 4.68. The number of carbonyl (C=O) groups is 1. The molecule has 4 aliphatic rings. The average Bonchev–Trinajstić information content (AvgIpc) is 3.29. The van der Waals surface area contributed by atoms with E-state index in [1.165, 1.54) is 12.0 Å². The van der Waals surface area contributed by atoms with Crippen molar-refractivity contribution in [2.45, 2.75) is 55.6 Å². The zero-order valence-electron chi connectivity index (χ0n) is 17.6. The highest BCUT2D eigenvalue weighted by molar-refractivity contribution is 5.80. The number of hydrogen-bond acceptors (Lipinski definition) is 5. The van der Waals surface area contributed by atoms with Gasteiger partial charge in [0, 0.05) is 50.8 Å². The maximum Gasteiger partial charge on any atom is 0.228 e. The fourth-order valence-electron chi connectivity index (χ4n) is 5.65. The molecule has 1 aromatic rings. The van der Waals surface area contributed by atoms with E-state index in [0.29, 0.717) is 50.7 Å². The van der Waals surface area contributed by atoms with Gasteiger partial charge in [-0.1, -0.05) is 30.3 Å². The lowest BCUT2D eigenvalue weighted by atomic mass is 9.82. The van der Waals surface area contributed by atoms with Crippen molar-refractivity contribution in [2.75, 3.05) is 39.4 Å². The largest absolute Gasteiger partial charge is 0.381 e. The van der Waals surface area contributed by atoms with Crippen molar-refractivity contribution in [1.82, 2.24) is 15.1 Å². The van der Waals surface area contributed by atoms with Gasteiger partial charge in [-0.2, -0.15) is 5.26 Å². The molecule has 3 aliphatic heterocycles. The third-order valence-electron chi connectivity index (χ3n) is 7.60. The smallest absolute Gasteiger partial charge is 0.228 e.